The van der Waals surface area contributed by atoms with Crippen LogP contribution in [0.2, 0.25) is 0 Å². The zero-order chi connectivity index (χ0) is 15.8. The van der Waals surface area contributed by atoms with Gasteiger partial charge in [0.2, 0.25) is 0 Å². The molecule has 1 aromatic heterocycles. The first-order valence-electron chi connectivity index (χ1n) is 7.55. The Balaban J connectivity index is 2.96. The van der Waals surface area contributed by atoms with Crippen molar-refractivity contribution in [3.63, 3.8) is 0 Å². The van der Waals surface area contributed by atoms with Gasteiger partial charge in [-0.2, -0.15) is 0 Å². The van der Waals surface area contributed by atoms with E-state index in [4.69, 9.17) is 4.74 Å². The van der Waals surface area contributed by atoms with Crippen molar-refractivity contribution in [1.29, 1.82) is 0 Å². The minimum atomic E-state index is 0.0205. The van der Waals surface area contributed by atoms with E-state index in [1.807, 2.05) is 37.8 Å². The van der Waals surface area contributed by atoms with Crippen LogP contribution < -0.4 is 5.32 Å². The third kappa shape index (κ3) is 5.01. The first kappa shape index (κ1) is 17.4. The number of aromatic nitrogens is 1. The molecule has 1 heterocycles. The van der Waals surface area contributed by atoms with E-state index in [0.29, 0.717) is 18.7 Å². The maximum Gasteiger partial charge on any atom is 0.254 e. The highest BCUT2D eigenvalue weighted by atomic mass is 16.5. The molecule has 1 N–H and O–H groups in total. The van der Waals surface area contributed by atoms with Gasteiger partial charge in [-0.25, -0.2) is 4.98 Å². The summed E-state index contributed by atoms with van der Waals surface area (Å²) >= 11 is 0. The van der Waals surface area contributed by atoms with Gasteiger partial charge in [0.25, 0.3) is 5.91 Å². The highest BCUT2D eigenvalue weighted by molar-refractivity contribution is 5.95. The van der Waals surface area contributed by atoms with E-state index in [9.17, 15) is 4.79 Å². The Morgan fingerprint density at radius 2 is 2.14 bits per heavy atom. The fourth-order valence-corrected chi connectivity index (χ4v) is 2.29. The predicted molar refractivity (Wildman–Crippen MR) is 85.8 cm³/mol. The molecule has 0 aliphatic rings. The molecular formula is C16H27N3O2. The zero-order valence-corrected chi connectivity index (χ0v) is 13.8. The Morgan fingerprint density at radius 3 is 2.71 bits per heavy atom. The van der Waals surface area contributed by atoms with Crippen LogP contribution >= 0.6 is 0 Å². The number of nitrogens with one attached hydrogen (secondary N) is 1. The first-order valence-corrected chi connectivity index (χ1v) is 7.55. The van der Waals surface area contributed by atoms with Gasteiger partial charge in [0.1, 0.15) is 5.82 Å². The van der Waals surface area contributed by atoms with E-state index in [1.165, 1.54) is 0 Å². The molecule has 0 radical (unpaired) electrons. The van der Waals surface area contributed by atoms with E-state index in [1.54, 1.807) is 7.11 Å². The number of hydrogen-bond acceptors (Lipinski definition) is 4. The van der Waals surface area contributed by atoms with Crippen LogP contribution in [0.3, 0.4) is 0 Å². The van der Waals surface area contributed by atoms with Crippen molar-refractivity contribution in [2.75, 3.05) is 32.1 Å². The van der Waals surface area contributed by atoms with E-state index < -0.39 is 0 Å². The topological polar surface area (TPSA) is 54.5 Å². The van der Waals surface area contributed by atoms with Crippen molar-refractivity contribution in [1.82, 2.24) is 9.88 Å². The number of carbonyl (C=O) groups is 1. The van der Waals surface area contributed by atoms with E-state index >= 15 is 0 Å². The number of carbonyl (C=O) groups excluding carboxylic acids is 1. The molecule has 0 aliphatic carbocycles. The third-order valence-corrected chi connectivity index (χ3v) is 3.30. The summed E-state index contributed by atoms with van der Waals surface area (Å²) in [6, 6.07) is 3.71. The number of hydrogen-bond donors (Lipinski definition) is 1. The summed E-state index contributed by atoms with van der Waals surface area (Å²) in [5.41, 5.74) is 1.51. The maximum absolute atomic E-state index is 12.7. The van der Waals surface area contributed by atoms with Gasteiger partial charge in [0.05, 0.1) is 12.6 Å². The van der Waals surface area contributed by atoms with Crippen LogP contribution in [0.25, 0.3) is 0 Å². The molecule has 5 heteroatoms. The molecule has 0 spiro atoms. The van der Waals surface area contributed by atoms with Gasteiger partial charge in [0, 0.05) is 31.5 Å². The monoisotopic (exact) mass is 293 g/mol. The van der Waals surface area contributed by atoms with Crippen LogP contribution in [0.15, 0.2) is 12.1 Å². The number of likely N-dealkylation sites (N-methyl/N-ethyl adjacent to an activating group) is 1. The zero-order valence-electron chi connectivity index (χ0n) is 13.8. The second-order valence-electron chi connectivity index (χ2n) is 5.20. The fourth-order valence-electron chi connectivity index (χ4n) is 2.29. The Morgan fingerprint density at radius 1 is 1.43 bits per heavy atom. The Kier molecular flexibility index (Phi) is 7.15. The summed E-state index contributed by atoms with van der Waals surface area (Å²) < 4.78 is 5.15. The summed E-state index contributed by atoms with van der Waals surface area (Å²) in [6.07, 6.45) is 1.02. The molecule has 5 nitrogen and oxygen atoms in total. The third-order valence-electron chi connectivity index (χ3n) is 3.30. The lowest BCUT2D eigenvalue weighted by Gasteiger charge is -2.27. The summed E-state index contributed by atoms with van der Waals surface area (Å²) in [4.78, 5) is 18.9. The Hall–Kier alpha value is -1.62. The van der Waals surface area contributed by atoms with Crippen LogP contribution in [0.5, 0.6) is 0 Å². The molecule has 1 amide bonds. The molecule has 0 bridgehead atoms. The van der Waals surface area contributed by atoms with Gasteiger partial charge in [0.15, 0.2) is 0 Å². The predicted octanol–water partition coefficient (Wildman–Crippen LogP) is 2.71. The molecule has 0 saturated carbocycles. The fraction of sp³-hybridized carbons (Fsp3) is 0.625. The number of aryl methyl sites for hydroxylation is 1. The molecule has 21 heavy (non-hydrogen) atoms. The second-order valence-corrected chi connectivity index (χ2v) is 5.20. The average Bonchev–Trinajstić information content (AvgIpc) is 2.45. The minimum Gasteiger partial charge on any atom is -0.383 e. The molecule has 0 saturated heterocycles. The van der Waals surface area contributed by atoms with Gasteiger partial charge in [-0.15, -0.1) is 0 Å². The van der Waals surface area contributed by atoms with Crippen LogP contribution in [0.4, 0.5) is 5.82 Å². The first-order chi connectivity index (χ1) is 10.0. The lowest BCUT2D eigenvalue weighted by atomic mass is 10.1. The van der Waals surface area contributed by atoms with Crippen LogP contribution in [-0.2, 0) is 4.74 Å². The summed E-state index contributed by atoms with van der Waals surface area (Å²) in [7, 11) is 1.65. The van der Waals surface area contributed by atoms with Gasteiger partial charge in [-0.05, 0) is 39.3 Å². The largest absolute Gasteiger partial charge is 0.383 e. The summed E-state index contributed by atoms with van der Waals surface area (Å²) in [6.45, 7) is 10.0. The molecule has 0 aliphatic heterocycles. The van der Waals surface area contributed by atoms with Crippen LogP contribution in [-0.4, -0.2) is 48.6 Å². The quantitative estimate of drug-likeness (QED) is 0.800. The number of methoxy groups -OCH3 is 1. The number of rotatable bonds is 8. The van der Waals surface area contributed by atoms with E-state index in [2.05, 4.69) is 17.2 Å². The molecule has 1 aromatic rings. The average molecular weight is 293 g/mol. The highest BCUT2D eigenvalue weighted by Gasteiger charge is 2.20. The van der Waals surface area contributed by atoms with Gasteiger partial charge >= 0.3 is 0 Å². The Bertz CT molecular complexity index is 463. The number of anilines is 1. The van der Waals surface area contributed by atoms with Crippen molar-refractivity contribution in [3.8, 4) is 0 Å². The molecule has 118 valence electrons. The number of ether oxygens (including phenoxy) is 1. The summed E-state index contributed by atoms with van der Waals surface area (Å²) in [5, 5.41) is 3.24. The van der Waals surface area contributed by atoms with E-state index in [0.717, 1.165) is 24.5 Å². The SMILES string of the molecule is CCCNc1cc(C(=O)N(CC)C(C)COC)cc(C)n1. The minimum absolute atomic E-state index is 0.0205. The lowest BCUT2D eigenvalue weighted by molar-refractivity contribution is 0.0579. The normalized spacial score (nSPS) is 12.0. The lowest BCUT2D eigenvalue weighted by Crippen LogP contribution is -2.41. The number of amides is 1. The second kappa shape index (κ2) is 8.62. The standard InChI is InChI=1S/C16H27N3O2/c1-6-8-17-15-10-14(9-12(3)18-15)16(20)19(7-2)13(4)11-21-5/h9-10,13H,6-8,11H2,1-5H3,(H,17,18). The van der Waals surface area contributed by atoms with Crippen LogP contribution in [0, 0.1) is 6.92 Å². The van der Waals surface area contributed by atoms with Crippen molar-refractivity contribution in [2.24, 2.45) is 0 Å². The molecule has 1 rings (SSSR count). The summed E-state index contributed by atoms with van der Waals surface area (Å²) in [5.74, 6) is 0.780. The van der Waals surface area contributed by atoms with Crippen molar-refractivity contribution < 1.29 is 9.53 Å². The maximum atomic E-state index is 12.7. The number of nitrogens with zero attached hydrogens (tertiary/aromatic N) is 2. The van der Waals surface area contributed by atoms with Crippen LogP contribution in [0.1, 0.15) is 43.2 Å². The van der Waals surface area contributed by atoms with Gasteiger partial charge < -0.3 is 15.0 Å². The van der Waals surface area contributed by atoms with Gasteiger partial charge in [-0.1, -0.05) is 6.92 Å². The van der Waals surface area contributed by atoms with Crippen molar-refractivity contribution >= 4 is 11.7 Å². The van der Waals surface area contributed by atoms with Gasteiger partial charge in [-0.3, -0.25) is 4.79 Å². The molecule has 0 aromatic carbocycles. The molecule has 1 atom stereocenters. The molecule has 0 fully saturated rings. The smallest absolute Gasteiger partial charge is 0.254 e. The highest BCUT2D eigenvalue weighted by Crippen LogP contribution is 2.14. The molecule has 1 unspecified atom stereocenters. The van der Waals surface area contributed by atoms with E-state index in [-0.39, 0.29) is 11.9 Å². The van der Waals surface area contributed by atoms with Crippen molar-refractivity contribution in [2.45, 2.75) is 40.2 Å². The van der Waals surface area contributed by atoms with Crippen molar-refractivity contribution in [3.05, 3.63) is 23.4 Å². The number of pyridine rings is 1. The molecular weight excluding hydrogens is 266 g/mol. The Labute approximate surface area is 127 Å².